The Hall–Kier alpha value is -2.99. The summed E-state index contributed by atoms with van der Waals surface area (Å²) in [6.07, 6.45) is 0. The predicted molar refractivity (Wildman–Crippen MR) is 107 cm³/mol. The highest BCUT2D eigenvalue weighted by molar-refractivity contribution is 7.91. The first-order valence-electron chi connectivity index (χ1n) is 8.58. The number of pyridine rings is 1. The summed E-state index contributed by atoms with van der Waals surface area (Å²) in [4.78, 5) is 17.3. The van der Waals surface area contributed by atoms with E-state index in [2.05, 4.69) is 10.3 Å². The van der Waals surface area contributed by atoms with Crippen LogP contribution in [0.15, 0.2) is 71.6 Å². The smallest absolute Gasteiger partial charge is 0.257 e. The van der Waals surface area contributed by atoms with Crippen LogP contribution in [-0.4, -0.2) is 25.1 Å². The van der Waals surface area contributed by atoms with Gasteiger partial charge in [-0.2, -0.15) is 0 Å². The lowest BCUT2D eigenvalue weighted by Crippen LogP contribution is -2.14. The maximum Gasteiger partial charge on any atom is 0.257 e. The van der Waals surface area contributed by atoms with Crippen molar-refractivity contribution in [3.05, 3.63) is 78.0 Å². The van der Waals surface area contributed by atoms with Gasteiger partial charge >= 0.3 is 0 Å². The highest BCUT2D eigenvalue weighted by Gasteiger charge is 2.14. The average molecular weight is 380 g/mol. The Balaban J connectivity index is 1.78. The molecule has 0 aliphatic heterocycles. The molecule has 5 nitrogen and oxygen atoms in total. The molecule has 0 radical (unpaired) electrons. The van der Waals surface area contributed by atoms with Crippen LogP contribution in [-0.2, 0) is 9.84 Å². The summed E-state index contributed by atoms with van der Waals surface area (Å²) in [5.41, 5.74) is 3.42. The monoisotopic (exact) mass is 380 g/mol. The SMILES string of the molecule is CCS(=O)(=O)c1ccc(NC(=O)c2ccc(-c3ccccc3)nc2C)cc1. The summed E-state index contributed by atoms with van der Waals surface area (Å²) in [5.74, 6) is -0.247. The van der Waals surface area contributed by atoms with Crippen LogP contribution in [0.4, 0.5) is 5.69 Å². The van der Waals surface area contributed by atoms with E-state index in [9.17, 15) is 13.2 Å². The molecule has 0 spiro atoms. The molecule has 0 atom stereocenters. The third-order valence-corrected chi connectivity index (χ3v) is 6.00. The summed E-state index contributed by atoms with van der Waals surface area (Å²) in [6, 6.07) is 19.5. The summed E-state index contributed by atoms with van der Waals surface area (Å²) in [6.45, 7) is 3.39. The summed E-state index contributed by atoms with van der Waals surface area (Å²) in [5, 5.41) is 2.78. The number of aryl methyl sites for hydroxylation is 1. The molecular weight excluding hydrogens is 360 g/mol. The third kappa shape index (κ3) is 4.23. The zero-order valence-corrected chi connectivity index (χ0v) is 16.0. The predicted octanol–water partition coefficient (Wildman–Crippen LogP) is 4.10. The molecule has 1 N–H and O–H groups in total. The lowest BCUT2D eigenvalue weighted by Gasteiger charge is -2.10. The van der Waals surface area contributed by atoms with Gasteiger partial charge in [-0.15, -0.1) is 0 Å². The molecule has 0 saturated heterocycles. The Kier molecular flexibility index (Phi) is 5.37. The molecule has 0 bridgehead atoms. The lowest BCUT2D eigenvalue weighted by molar-refractivity contribution is 0.102. The minimum atomic E-state index is -3.26. The number of hydrogen-bond acceptors (Lipinski definition) is 4. The van der Waals surface area contributed by atoms with Gasteiger partial charge in [-0.1, -0.05) is 37.3 Å². The minimum Gasteiger partial charge on any atom is -0.322 e. The molecule has 1 heterocycles. The quantitative estimate of drug-likeness (QED) is 0.723. The van der Waals surface area contributed by atoms with Crippen molar-refractivity contribution < 1.29 is 13.2 Å². The van der Waals surface area contributed by atoms with Gasteiger partial charge in [0.15, 0.2) is 9.84 Å². The van der Waals surface area contributed by atoms with Crippen molar-refractivity contribution >= 4 is 21.4 Å². The number of carbonyl (C=O) groups is 1. The van der Waals surface area contributed by atoms with Gasteiger partial charge in [0, 0.05) is 11.3 Å². The van der Waals surface area contributed by atoms with Crippen LogP contribution in [0.5, 0.6) is 0 Å². The minimum absolute atomic E-state index is 0.0390. The highest BCUT2D eigenvalue weighted by atomic mass is 32.2. The van der Waals surface area contributed by atoms with E-state index in [-0.39, 0.29) is 16.6 Å². The van der Waals surface area contributed by atoms with E-state index in [4.69, 9.17) is 0 Å². The summed E-state index contributed by atoms with van der Waals surface area (Å²) >= 11 is 0. The van der Waals surface area contributed by atoms with Gasteiger partial charge in [0.25, 0.3) is 5.91 Å². The van der Waals surface area contributed by atoms with Crippen LogP contribution >= 0.6 is 0 Å². The Morgan fingerprint density at radius 3 is 2.22 bits per heavy atom. The molecule has 2 aromatic carbocycles. The van der Waals surface area contributed by atoms with Crippen molar-refractivity contribution in [1.82, 2.24) is 4.98 Å². The van der Waals surface area contributed by atoms with Gasteiger partial charge in [-0.3, -0.25) is 9.78 Å². The molecule has 0 fully saturated rings. The second-order valence-corrected chi connectivity index (χ2v) is 8.36. The second kappa shape index (κ2) is 7.72. The van der Waals surface area contributed by atoms with Crippen LogP contribution in [0.1, 0.15) is 23.0 Å². The molecule has 3 aromatic rings. The maximum atomic E-state index is 12.6. The van der Waals surface area contributed by atoms with Crippen molar-refractivity contribution in [2.45, 2.75) is 18.7 Å². The average Bonchev–Trinajstić information content (AvgIpc) is 2.69. The fourth-order valence-corrected chi connectivity index (χ4v) is 3.57. The number of hydrogen-bond donors (Lipinski definition) is 1. The Labute approximate surface area is 159 Å². The zero-order chi connectivity index (χ0) is 19.4. The molecule has 1 amide bonds. The first kappa shape index (κ1) is 18.8. The molecular formula is C21H20N2O3S. The summed E-state index contributed by atoms with van der Waals surface area (Å²) in [7, 11) is -3.26. The van der Waals surface area contributed by atoms with Crippen LogP contribution in [0.25, 0.3) is 11.3 Å². The van der Waals surface area contributed by atoms with Crippen molar-refractivity contribution in [2.24, 2.45) is 0 Å². The fourth-order valence-electron chi connectivity index (χ4n) is 2.68. The van der Waals surface area contributed by atoms with Crippen LogP contribution in [0, 0.1) is 6.92 Å². The largest absolute Gasteiger partial charge is 0.322 e. The molecule has 6 heteroatoms. The van der Waals surface area contributed by atoms with Crippen LogP contribution in [0.3, 0.4) is 0 Å². The van der Waals surface area contributed by atoms with E-state index in [1.54, 1.807) is 32.0 Å². The molecule has 27 heavy (non-hydrogen) atoms. The number of amides is 1. The van der Waals surface area contributed by atoms with E-state index in [1.807, 2.05) is 36.4 Å². The van der Waals surface area contributed by atoms with Gasteiger partial charge in [-0.05, 0) is 43.3 Å². The van der Waals surface area contributed by atoms with E-state index in [0.717, 1.165) is 11.3 Å². The van der Waals surface area contributed by atoms with Gasteiger partial charge in [0.1, 0.15) is 0 Å². The van der Waals surface area contributed by atoms with Crippen LogP contribution in [0.2, 0.25) is 0 Å². The lowest BCUT2D eigenvalue weighted by atomic mass is 10.1. The Morgan fingerprint density at radius 2 is 1.63 bits per heavy atom. The zero-order valence-electron chi connectivity index (χ0n) is 15.1. The second-order valence-electron chi connectivity index (χ2n) is 6.08. The Bertz CT molecular complexity index is 1060. The number of anilines is 1. The van der Waals surface area contributed by atoms with Gasteiger partial charge < -0.3 is 5.32 Å². The topological polar surface area (TPSA) is 76.1 Å². The third-order valence-electron chi connectivity index (χ3n) is 4.25. The normalized spacial score (nSPS) is 11.2. The number of nitrogens with one attached hydrogen (secondary N) is 1. The molecule has 0 unspecified atom stereocenters. The number of nitrogens with zero attached hydrogens (tertiary/aromatic N) is 1. The number of rotatable bonds is 5. The molecule has 0 aliphatic rings. The van der Waals surface area contributed by atoms with E-state index >= 15 is 0 Å². The van der Waals surface area contributed by atoms with Gasteiger partial charge in [-0.25, -0.2) is 8.42 Å². The van der Waals surface area contributed by atoms with Crippen LogP contribution < -0.4 is 5.32 Å². The molecule has 0 aliphatic carbocycles. The first-order valence-corrected chi connectivity index (χ1v) is 10.2. The van der Waals surface area contributed by atoms with Crippen molar-refractivity contribution in [3.63, 3.8) is 0 Å². The molecule has 0 saturated carbocycles. The maximum absolute atomic E-state index is 12.6. The summed E-state index contributed by atoms with van der Waals surface area (Å²) < 4.78 is 23.7. The fraction of sp³-hybridized carbons (Fsp3) is 0.143. The van der Waals surface area contributed by atoms with Crippen molar-refractivity contribution in [2.75, 3.05) is 11.1 Å². The van der Waals surface area contributed by atoms with Crippen molar-refractivity contribution in [1.29, 1.82) is 0 Å². The Morgan fingerprint density at radius 1 is 0.963 bits per heavy atom. The van der Waals surface area contributed by atoms with Crippen molar-refractivity contribution in [3.8, 4) is 11.3 Å². The van der Waals surface area contributed by atoms with Gasteiger partial charge in [0.05, 0.1) is 27.6 Å². The number of aromatic nitrogens is 1. The number of sulfone groups is 1. The molecule has 1 aromatic heterocycles. The highest BCUT2D eigenvalue weighted by Crippen LogP contribution is 2.20. The first-order chi connectivity index (χ1) is 12.9. The van der Waals surface area contributed by atoms with E-state index in [0.29, 0.717) is 16.9 Å². The standard InChI is InChI=1S/C21H20N2O3S/c1-3-27(25,26)18-11-9-17(10-12-18)23-21(24)19-13-14-20(22-15(19)2)16-7-5-4-6-8-16/h4-14H,3H2,1-2H3,(H,23,24). The number of carbonyl (C=O) groups excluding carboxylic acids is 1. The van der Waals surface area contributed by atoms with E-state index < -0.39 is 9.84 Å². The van der Waals surface area contributed by atoms with E-state index in [1.165, 1.54) is 12.1 Å². The molecule has 138 valence electrons. The molecule has 3 rings (SSSR count). The number of benzene rings is 2. The van der Waals surface area contributed by atoms with Gasteiger partial charge in [0.2, 0.25) is 0 Å².